The number of rotatable bonds is 16. The van der Waals surface area contributed by atoms with E-state index in [1.165, 1.54) is 25.7 Å². The topological polar surface area (TPSA) is 95.2 Å². The molecule has 0 radical (unpaired) electrons. The summed E-state index contributed by atoms with van der Waals surface area (Å²) in [7, 11) is 1.61. The van der Waals surface area contributed by atoms with Gasteiger partial charge in [0.2, 0.25) is 0 Å². The predicted molar refractivity (Wildman–Crippen MR) is 211 cm³/mol. The van der Waals surface area contributed by atoms with E-state index < -0.39 is 0 Å². The van der Waals surface area contributed by atoms with E-state index in [2.05, 4.69) is 4.99 Å². The number of hydrogen-bond acceptors (Lipinski definition) is 7. The van der Waals surface area contributed by atoms with Gasteiger partial charge in [0.15, 0.2) is 11.5 Å². The molecule has 3 heterocycles. The van der Waals surface area contributed by atoms with Gasteiger partial charge in [-0.2, -0.15) is 0 Å². The van der Waals surface area contributed by atoms with E-state index >= 15 is 0 Å². The first kappa shape index (κ1) is 36.2. The summed E-state index contributed by atoms with van der Waals surface area (Å²) in [6, 6.07) is 26.2. The molecule has 2 aliphatic heterocycles. The number of aromatic nitrogens is 2. The number of fused-ring (bicyclic) bond motifs is 3. The van der Waals surface area contributed by atoms with Crippen molar-refractivity contribution in [2.45, 2.75) is 70.3 Å². The van der Waals surface area contributed by atoms with E-state index in [1.54, 1.807) is 35.9 Å². The Morgan fingerprint density at radius 1 is 0.792 bits per heavy atom. The summed E-state index contributed by atoms with van der Waals surface area (Å²) in [5, 5.41) is 0.969. The number of ether oxygens (including phenoxy) is 3. The number of halogens is 1. The molecule has 1 atom stereocenters. The first-order valence-corrected chi connectivity index (χ1v) is 19.1. The summed E-state index contributed by atoms with van der Waals surface area (Å²) in [5.74, 6) is 2.57. The summed E-state index contributed by atoms with van der Waals surface area (Å²) < 4.78 is 19.3. The highest BCUT2D eigenvalue weighted by molar-refractivity contribution is 6.31. The van der Waals surface area contributed by atoms with Gasteiger partial charge in [0.05, 0.1) is 54.2 Å². The largest absolute Gasteiger partial charge is 0.494 e. The Kier molecular flexibility index (Phi) is 11.7. The Bertz CT molecular complexity index is 2130. The van der Waals surface area contributed by atoms with Gasteiger partial charge >= 0.3 is 0 Å². The highest BCUT2D eigenvalue weighted by Gasteiger charge is 2.32. The molecule has 274 valence electrons. The van der Waals surface area contributed by atoms with Gasteiger partial charge < -0.3 is 19.1 Å². The molecule has 5 aromatic rings. The maximum atomic E-state index is 13.7. The number of benzene rings is 4. The van der Waals surface area contributed by atoms with Crippen LogP contribution in [0.2, 0.25) is 5.02 Å². The lowest BCUT2D eigenvalue weighted by Crippen LogP contribution is -2.35. The van der Waals surface area contributed by atoms with E-state index in [0.717, 1.165) is 56.4 Å². The van der Waals surface area contributed by atoms with Crippen LogP contribution in [0.1, 0.15) is 74.6 Å². The van der Waals surface area contributed by atoms with E-state index in [9.17, 15) is 9.59 Å². The van der Waals surface area contributed by atoms with Gasteiger partial charge in [0.25, 0.3) is 11.5 Å². The van der Waals surface area contributed by atoms with Crippen LogP contribution in [0.4, 0.5) is 5.69 Å². The minimum atomic E-state index is -0.171. The lowest BCUT2D eigenvalue weighted by atomic mass is 10.1. The standard InChI is InChI=1S/C43H45ClN4O5/c1-51-39-27-36-38(45-29-33-16-13-23-47(33)42(36)49)28-40(39)53-25-12-7-5-3-2-4-6-11-24-52-34-20-18-32(19-21-34)48-41(30-14-9-8-10-15-30)46-37-22-17-31(44)26-35(37)43(48)50/h8-10,14-15,17-22,26-29,33H,2-7,11-13,16,23-25H2,1H3/t33-/m0/s1. The molecule has 0 bridgehead atoms. The van der Waals surface area contributed by atoms with Crippen molar-refractivity contribution in [1.82, 2.24) is 14.5 Å². The number of amides is 1. The van der Waals surface area contributed by atoms with E-state index in [1.807, 2.05) is 71.8 Å². The third-order valence-corrected chi connectivity index (χ3v) is 10.2. The zero-order valence-corrected chi connectivity index (χ0v) is 30.9. The van der Waals surface area contributed by atoms with Gasteiger partial charge in [-0.15, -0.1) is 0 Å². The summed E-state index contributed by atoms with van der Waals surface area (Å²) in [4.78, 5) is 38.2. The van der Waals surface area contributed by atoms with Crippen LogP contribution in [-0.2, 0) is 0 Å². The summed E-state index contributed by atoms with van der Waals surface area (Å²) >= 11 is 6.23. The number of carbonyl (C=O) groups is 1. The Morgan fingerprint density at radius 3 is 2.25 bits per heavy atom. The highest BCUT2D eigenvalue weighted by atomic mass is 35.5. The van der Waals surface area contributed by atoms with E-state index in [0.29, 0.717) is 63.4 Å². The van der Waals surface area contributed by atoms with Gasteiger partial charge in [-0.25, -0.2) is 4.98 Å². The van der Waals surface area contributed by atoms with Crippen LogP contribution in [0.5, 0.6) is 17.2 Å². The first-order chi connectivity index (χ1) is 26.0. The molecule has 0 saturated carbocycles. The molecule has 10 heteroatoms. The van der Waals surface area contributed by atoms with E-state index in [4.69, 9.17) is 30.8 Å². The van der Waals surface area contributed by atoms with Crippen molar-refractivity contribution >= 4 is 40.3 Å². The molecule has 1 fully saturated rings. The number of unbranched alkanes of at least 4 members (excludes halogenated alkanes) is 7. The summed E-state index contributed by atoms with van der Waals surface area (Å²) in [5.41, 5.74) is 3.23. The molecule has 4 aromatic carbocycles. The Balaban J connectivity index is 0.814. The molecule has 1 aromatic heterocycles. The molecule has 1 saturated heterocycles. The number of carbonyl (C=O) groups excluding carboxylic acids is 1. The smallest absolute Gasteiger partial charge is 0.266 e. The third-order valence-electron chi connectivity index (χ3n) is 9.98. The monoisotopic (exact) mass is 732 g/mol. The van der Waals surface area contributed by atoms with Crippen molar-refractivity contribution in [3.05, 3.63) is 106 Å². The fraction of sp³-hybridized carbons (Fsp3) is 0.349. The quantitative estimate of drug-likeness (QED) is 0.0938. The van der Waals surface area contributed by atoms with Crippen molar-refractivity contribution in [2.75, 3.05) is 26.9 Å². The van der Waals surface area contributed by atoms with Crippen LogP contribution in [0.3, 0.4) is 0 Å². The number of aliphatic imine (C=N–C) groups is 1. The molecule has 9 nitrogen and oxygen atoms in total. The third kappa shape index (κ3) is 8.41. The second kappa shape index (κ2) is 17.1. The van der Waals surface area contributed by atoms with Crippen molar-refractivity contribution in [2.24, 2.45) is 4.99 Å². The molecular weight excluding hydrogens is 688 g/mol. The molecule has 0 spiro atoms. The average molecular weight is 733 g/mol. The zero-order valence-electron chi connectivity index (χ0n) is 30.1. The van der Waals surface area contributed by atoms with Crippen molar-refractivity contribution < 1.29 is 19.0 Å². The average Bonchev–Trinajstić information content (AvgIpc) is 3.62. The first-order valence-electron chi connectivity index (χ1n) is 18.7. The van der Waals surface area contributed by atoms with Gasteiger partial charge in [-0.1, -0.05) is 80.5 Å². The maximum Gasteiger partial charge on any atom is 0.266 e. The molecule has 7 rings (SSSR count). The van der Waals surface area contributed by atoms with Gasteiger partial charge in [0.1, 0.15) is 11.6 Å². The minimum absolute atomic E-state index is 0.0169. The van der Waals surface area contributed by atoms with Gasteiger partial charge in [-0.3, -0.25) is 19.1 Å². The number of hydrogen-bond donors (Lipinski definition) is 0. The Hall–Kier alpha value is -5.15. The van der Waals surface area contributed by atoms with Crippen molar-refractivity contribution in [1.29, 1.82) is 0 Å². The van der Waals surface area contributed by atoms with Crippen LogP contribution in [0.15, 0.2) is 94.7 Å². The fourth-order valence-electron chi connectivity index (χ4n) is 7.13. The number of methoxy groups -OCH3 is 1. The molecule has 0 N–H and O–H groups in total. The van der Waals surface area contributed by atoms with Crippen LogP contribution in [0, 0.1) is 0 Å². The van der Waals surface area contributed by atoms with Crippen LogP contribution < -0.4 is 19.8 Å². The lowest BCUT2D eigenvalue weighted by molar-refractivity contribution is 0.0774. The summed E-state index contributed by atoms with van der Waals surface area (Å²) in [6.07, 6.45) is 12.7. The molecule has 0 aliphatic carbocycles. The minimum Gasteiger partial charge on any atom is -0.494 e. The van der Waals surface area contributed by atoms with Crippen molar-refractivity contribution in [3.63, 3.8) is 0 Å². The Morgan fingerprint density at radius 2 is 1.51 bits per heavy atom. The van der Waals surface area contributed by atoms with Crippen molar-refractivity contribution in [3.8, 4) is 34.3 Å². The predicted octanol–water partition coefficient (Wildman–Crippen LogP) is 9.61. The van der Waals surface area contributed by atoms with Crippen LogP contribution in [-0.4, -0.2) is 59.5 Å². The van der Waals surface area contributed by atoms with Gasteiger partial charge in [0, 0.05) is 29.4 Å². The SMILES string of the molecule is COc1cc2c(cc1OCCCCCCCCCCOc1ccc(-n3c(-c4ccccc4)nc4ccc(Cl)cc4c3=O)cc1)N=C[C@@H]1CCCN1C2=O. The normalized spacial score (nSPS) is 14.9. The molecule has 53 heavy (non-hydrogen) atoms. The summed E-state index contributed by atoms with van der Waals surface area (Å²) in [6.45, 7) is 2.01. The van der Waals surface area contributed by atoms with E-state index in [-0.39, 0.29) is 17.5 Å². The highest BCUT2D eigenvalue weighted by Crippen LogP contribution is 2.38. The number of nitrogens with zero attached hydrogens (tertiary/aromatic N) is 4. The lowest BCUT2D eigenvalue weighted by Gasteiger charge is -2.20. The van der Waals surface area contributed by atoms with Crippen LogP contribution in [0.25, 0.3) is 28.0 Å². The molecule has 2 aliphatic rings. The molecular formula is C43H45ClN4O5. The Labute approximate surface area is 315 Å². The van der Waals surface area contributed by atoms with Gasteiger partial charge in [-0.05, 0) is 74.2 Å². The fourth-order valence-corrected chi connectivity index (χ4v) is 7.30. The molecule has 0 unspecified atom stereocenters. The second-order valence-electron chi connectivity index (χ2n) is 13.6. The zero-order chi connectivity index (χ0) is 36.6. The second-order valence-corrected chi connectivity index (χ2v) is 14.1. The molecule has 1 amide bonds. The maximum absolute atomic E-state index is 13.7. The van der Waals surface area contributed by atoms with Crippen LogP contribution >= 0.6 is 11.6 Å².